The molecule has 0 N–H and O–H groups in total. The molecule has 0 aromatic heterocycles. The van der Waals surface area contributed by atoms with Gasteiger partial charge in [-0.3, -0.25) is 0 Å². The second-order valence-corrected chi connectivity index (χ2v) is 7.37. The first kappa shape index (κ1) is 19.0. The van der Waals surface area contributed by atoms with Gasteiger partial charge in [0, 0.05) is 12.2 Å². The average Bonchev–Trinajstić information content (AvgIpc) is 2.61. The van der Waals surface area contributed by atoms with E-state index in [1.54, 1.807) is 0 Å². The minimum atomic E-state index is -0.426. The first-order chi connectivity index (χ1) is 11.5. The molecule has 0 aliphatic heterocycles. The number of esters is 2. The molecule has 0 aromatic carbocycles. The van der Waals surface area contributed by atoms with E-state index in [4.69, 9.17) is 9.47 Å². The summed E-state index contributed by atoms with van der Waals surface area (Å²) in [6.45, 7) is 4.12. The van der Waals surface area contributed by atoms with E-state index in [0.29, 0.717) is 0 Å². The SMILES string of the molecule is CCC1(OC(=O)/C=C/C(=O)OC2(CC)CCCCC2)CCCCC1. The van der Waals surface area contributed by atoms with Gasteiger partial charge in [0.2, 0.25) is 0 Å². The summed E-state index contributed by atoms with van der Waals surface area (Å²) >= 11 is 0. The number of carbonyl (C=O) groups is 2. The van der Waals surface area contributed by atoms with E-state index in [-0.39, 0.29) is 11.2 Å². The Labute approximate surface area is 146 Å². The molecular formula is C20H32O4. The predicted octanol–water partition coefficient (Wildman–Crippen LogP) is 4.85. The van der Waals surface area contributed by atoms with Crippen LogP contribution in [0.1, 0.15) is 90.9 Å². The molecule has 0 atom stereocenters. The molecule has 2 rings (SSSR count). The first-order valence-electron chi connectivity index (χ1n) is 9.67. The lowest BCUT2D eigenvalue weighted by molar-refractivity contribution is -0.160. The zero-order valence-corrected chi connectivity index (χ0v) is 15.3. The van der Waals surface area contributed by atoms with Gasteiger partial charge < -0.3 is 9.47 Å². The minimum Gasteiger partial charge on any atom is -0.456 e. The molecule has 0 bridgehead atoms. The van der Waals surface area contributed by atoms with Crippen molar-refractivity contribution in [2.45, 2.75) is 102 Å². The molecule has 24 heavy (non-hydrogen) atoms. The van der Waals surface area contributed by atoms with Crippen LogP contribution in [0.5, 0.6) is 0 Å². The maximum Gasteiger partial charge on any atom is 0.331 e. The van der Waals surface area contributed by atoms with Crippen LogP contribution >= 0.6 is 0 Å². The maximum absolute atomic E-state index is 12.1. The summed E-state index contributed by atoms with van der Waals surface area (Å²) in [6, 6.07) is 0. The lowest BCUT2D eigenvalue weighted by Gasteiger charge is -2.36. The Bertz CT molecular complexity index is 412. The molecule has 0 spiro atoms. The van der Waals surface area contributed by atoms with Crippen molar-refractivity contribution in [3.8, 4) is 0 Å². The van der Waals surface area contributed by atoms with Crippen LogP contribution < -0.4 is 0 Å². The molecule has 0 amide bonds. The highest BCUT2D eigenvalue weighted by Crippen LogP contribution is 2.35. The Hall–Kier alpha value is -1.32. The van der Waals surface area contributed by atoms with Crippen molar-refractivity contribution >= 4 is 11.9 Å². The van der Waals surface area contributed by atoms with Crippen molar-refractivity contribution in [3.05, 3.63) is 12.2 Å². The number of hydrogen-bond donors (Lipinski definition) is 0. The Kier molecular flexibility index (Phi) is 6.88. The van der Waals surface area contributed by atoms with Crippen molar-refractivity contribution in [2.75, 3.05) is 0 Å². The molecule has 0 heterocycles. The standard InChI is InChI=1S/C20H32O4/c1-3-19(13-7-5-8-14-19)23-17(21)11-12-18(22)24-20(4-2)15-9-6-10-16-20/h11-12H,3-10,13-16H2,1-2H3/b12-11+. The Morgan fingerprint density at radius 1 is 0.708 bits per heavy atom. The van der Waals surface area contributed by atoms with Crippen molar-refractivity contribution in [2.24, 2.45) is 0 Å². The van der Waals surface area contributed by atoms with Gasteiger partial charge in [-0.05, 0) is 64.2 Å². The molecule has 2 aliphatic rings. The van der Waals surface area contributed by atoms with Crippen LogP contribution in [0, 0.1) is 0 Å². The average molecular weight is 336 g/mol. The zero-order chi connectivity index (χ0) is 17.5. The summed E-state index contributed by atoms with van der Waals surface area (Å²) in [6.07, 6.45) is 14.7. The summed E-state index contributed by atoms with van der Waals surface area (Å²) in [4.78, 5) is 24.2. The van der Waals surface area contributed by atoms with Gasteiger partial charge in [-0.15, -0.1) is 0 Å². The third kappa shape index (κ3) is 5.09. The first-order valence-corrected chi connectivity index (χ1v) is 9.67. The fourth-order valence-corrected chi connectivity index (χ4v) is 4.08. The highest BCUT2D eigenvalue weighted by molar-refractivity contribution is 5.92. The largest absolute Gasteiger partial charge is 0.456 e. The van der Waals surface area contributed by atoms with Crippen LogP contribution in [-0.4, -0.2) is 23.1 Å². The summed E-state index contributed by atoms with van der Waals surface area (Å²) in [5, 5.41) is 0. The Morgan fingerprint density at radius 3 is 1.33 bits per heavy atom. The fraction of sp³-hybridized carbons (Fsp3) is 0.800. The summed E-state index contributed by atoms with van der Waals surface area (Å²) < 4.78 is 11.4. The van der Waals surface area contributed by atoms with Crippen molar-refractivity contribution in [1.29, 1.82) is 0 Å². The zero-order valence-electron chi connectivity index (χ0n) is 15.3. The van der Waals surface area contributed by atoms with Gasteiger partial charge >= 0.3 is 11.9 Å². The maximum atomic E-state index is 12.1. The number of carbonyl (C=O) groups excluding carboxylic acids is 2. The van der Waals surface area contributed by atoms with Crippen LogP contribution in [0.15, 0.2) is 12.2 Å². The predicted molar refractivity (Wildman–Crippen MR) is 93.5 cm³/mol. The Balaban J connectivity index is 1.87. The van der Waals surface area contributed by atoms with Crippen LogP contribution in [0.3, 0.4) is 0 Å². The second-order valence-electron chi connectivity index (χ2n) is 7.37. The van der Waals surface area contributed by atoms with Gasteiger partial charge in [0.05, 0.1) is 0 Å². The van der Waals surface area contributed by atoms with Gasteiger partial charge in [-0.2, -0.15) is 0 Å². The van der Waals surface area contributed by atoms with Crippen LogP contribution in [0.4, 0.5) is 0 Å². The van der Waals surface area contributed by atoms with E-state index in [2.05, 4.69) is 13.8 Å². The molecule has 2 saturated carbocycles. The van der Waals surface area contributed by atoms with Crippen LogP contribution in [0.2, 0.25) is 0 Å². The number of ether oxygens (including phenoxy) is 2. The van der Waals surface area contributed by atoms with E-state index >= 15 is 0 Å². The molecule has 2 fully saturated rings. The molecule has 4 heteroatoms. The summed E-state index contributed by atoms with van der Waals surface area (Å²) in [5.41, 5.74) is -0.671. The molecule has 0 saturated heterocycles. The van der Waals surface area contributed by atoms with E-state index in [9.17, 15) is 9.59 Å². The highest BCUT2D eigenvalue weighted by Gasteiger charge is 2.35. The van der Waals surface area contributed by atoms with Gasteiger partial charge in [-0.1, -0.05) is 26.7 Å². The second kappa shape index (κ2) is 8.68. The van der Waals surface area contributed by atoms with Gasteiger partial charge in [0.15, 0.2) is 0 Å². The summed E-state index contributed by atoms with van der Waals surface area (Å²) in [7, 11) is 0. The van der Waals surface area contributed by atoms with Crippen LogP contribution in [-0.2, 0) is 19.1 Å². The number of rotatable bonds is 6. The minimum absolute atomic E-state index is 0.336. The summed E-state index contributed by atoms with van der Waals surface area (Å²) in [5.74, 6) is -0.852. The van der Waals surface area contributed by atoms with Crippen molar-refractivity contribution in [1.82, 2.24) is 0 Å². The van der Waals surface area contributed by atoms with Crippen LogP contribution in [0.25, 0.3) is 0 Å². The topological polar surface area (TPSA) is 52.6 Å². The van der Waals surface area contributed by atoms with E-state index in [0.717, 1.165) is 64.2 Å². The van der Waals surface area contributed by atoms with E-state index in [1.807, 2.05) is 0 Å². The quantitative estimate of drug-likeness (QED) is 0.514. The molecule has 136 valence electrons. The van der Waals surface area contributed by atoms with Gasteiger partial charge in [0.25, 0.3) is 0 Å². The van der Waals surface area contributed by atoms with E-state index in [1.165, 1.54) is 25.0 Å². The molecule has 2 aliphatic carbocycles. The van der Waals surface area contributed by atoms with Crippen molar-refractivity contribution < 1.29 is 19.1 Å². The van der Waals surface area contributed by atoms with Gasteiger partial charge in [-0.25, -0.2) is 9.59 Å². The van der Waals surface area contributed by atoms with E-state index < -0.39 is 11.9 Å². The molecule has 0 unspecified atom stereocenters. The highest BCUT2D eigenvalue weighted by atomic mass is 16.6. The van der Waals surface area contributed by atoms with Gasteiger partial charge in [0.1, 0.15) is 11.2 Å². The third-order valence-electron chi connectivity index (χ3n) is 5.81. The monoisotopic (exact) mass is 336 g/mol. The molecule has 0 radical (unpaired) electrons. The molecule has 0 aromatic rings. The third-order valence-corrected chi connectivity index (χ3v) is 5.81. The normalized spacial score (nSPS) is 22.9. The Morgan fingerprint density at radius 2 is 1.04 bits per heavy atom. The van der Waals surface area contributed by atoms with Crippen molar-refractivity contribution in [3.63, 3.8) is 0 Å². The number of hydrogen-bond acceptors (Lipinski definition) is 4. The lowest BCUT2D eigenvalue weighted by Crippen LogP contribution is -2.37. The lowest BCUT2D eigenvalue weighted by atomic mass is 9.82. The molecule has 4 nitrogen and oxygen atoms in total. The molecular weight excluding hydrogens is 304 g/mol. The smallest absolute Gasteiger partial charge is 0.331 e. The fourth-order valence-electron chi connectivity index (χ4n) is 4.08.